The van der Waals surface area contributed by atoms with Crippen LogP contribution >= 0.6 is 0 Å². The highest BCUT2D eigenvalue weighted by atomic mass is 32.2. The standard InChI is InChI=1S/C21H27N3O5S/c1-5-14-10-11-15(12-18(14)30(22,27)28)23-21(26)19(13(2)3)24-20(25)16-8-6-7-9-17(16)29-4/h6-13,19H,5H2,1-4H3,(H,23,26)(H,24,25)(H2,22,27,28). The summed E-state index contributed by atoms with van der Waals surface area (Å²) in [6, 6.07) is 10.4. The van der Waals surface area contributed by atoms with Gasteiger partial charge in [0, 0.05) is 5.69 Å². The highest BCUT2D eigenvalue weighted by molar-refractivity contribution is 7.89. The van der Waals surface area contributed by atoms with Crippen LogP contribution in [0.1, 0.15) is 36.7 Å². The lowest BCUT2D eigenvalue weighted by molar-refractivity contribution is -0.118. The van der Waals surface area contributed by atoms with Crippen molar-refractivity contribution in [2.45, 2.75) is 38.1 Å². The lowest BCUT2D eigenvalue weighted by Gasteiger charge is -2.22. The van der Waals surface area contributed by atoms with E-state index in [1.807, 2.05) is 6.92 Å². The summed E-state index contributed by atoms with van der Waals surface area (Å²) in [5.41, 5.74) is 1.14. The fraction of sp³-hybridized carbons (Fsp3) is 0.333. The van der Waals surface area contributed by atoms with Gasteiger partial charge in [-0.15, -0.1) is 0 Å². The van der Waals surface area contributed by atoms with Gasteiger partial charge in [0.2, 0.25) is 15.9 Å². The molecular formula is C21H27N3O5S. The van der Waals surface area contributed by atoms with E-state index in [0.717, 1.165) is 0 Å². The number of carbonyl (C=O) groups is 2. The average molecular weight is 434 g/mol. The summed E-state index contributed by atoms with van der Waals surface area (Å²) in [4.78, 5) is 25.5. The largest absolute Gasteiger partial charge is 0.496 e. The highest BCUT2D eigenvalue weighted by Gasteiger charge is 2.26. The molecule has 2 amide bonds. The van der Waals surface area contributed by atoms with Crippen LogP contribution in [0.4, 0.5) is 5.69 Å². The number of nitrogens with one attached hydrogen (secondary N) is 2. The lowest BCUT2D eigenvalue weighted by Crippen LogP contribution is -2.47. The number of rotatable bonds is 8. The summed E-state index contributed by atoms with van der Waals surface area (Å²) >= 11 is 0. The van der Waals surface area contributed by atoms with Crippen molar-refractivity contribution in [3.05, 3.63) is 53.6 Å². The van der Waals surface area contributed by atoms with Crippen molar-refractivity contribution >= 4 is 27.5 Å². The number of nitrogens with two attached hydrogens (primary N) is 1. The van der Waals surface area contributed by atoms with Gasteiger partial charge < -0.3 is 15.4 Å². The second-order valence-corrected chi connectivity index (χ2v) is 8.64. The Morgan fingerprint density at radius 1 is 1.13 bits per heavy atom. The Morgan fingerprint density at radius 3 is 2.37 bits per heavy atom. The van der Waals surface area contributed by atoms with Crippen LogP contribution in [0, 0.1) is 5.92 Å². The number of benzene rings is 2. The summed E-state index contributed by atoms with van der Waals surface area (Å²) in [5, 5.41) is 10.7. The van der Waals surface area contributed by atoms with E-state index in [9.17, 15) is 18.0 Å². The fourth-order valence-corrected chi connectivity index (χ4v) is 3.86. The van der Waals surface area contributed by atoms with Crippen LogP contribution in [0.5, 0.6) is 5.75 Å². The first kappa shape index (κ1) is 23.4. The third-order valence-electron chi connectivity index (χ3n) is 4.61. The van der Waals surface area contributed by atoms with Gasteiger partial charge in [-0.2, -0.15) is 0 Å². The molecule has 2 aromatic carbocycles. The Bertz CT molecular complexity index is 1030. The predicted octanol–water partition coefficient (Wildman–Crippen LogP) is 2.30. The zero-order chi connectivity index (χ0) is 22.5. The number of sulfonamides is 1. The normalized spacial score (nSPS) is 12.3. The maximum atomic E-state index is 12.9. The van der Waals surface area contributed by atoms with Crippen molar-refractivity contribution in [2.75, 3.05) is 12.4 Å². The van der Waals surface area contributed by atoms with E-state index in [2.05, 4.69) is 10.6 Å². The van der Waals surface area contributed by atoms with Gasteiger partial charge in [0.15, 0.2) is 0 Å². The number of carbonyl (C=O) groups excluding carboxylic acids is 2. The van der Waals surface area contributed by atoms with Gasteiger partial charge >= 0.3 is 0 Å². The van der Waals surface area contributed by atoms with Crippen molar-refractivity contribution in [1.82, 2.24) is 5.32 Å². The van der Waals surface area contributed by atoms with Crippen LogP contribution in [0.25, 0.3) is 0 Å². The fourth-order valence-electron chi connectivity index (χ4n) is 3.00. The Kier molecular flexibility index (Phi) is 7.58. The third kappa shape index (κ3) is 5.58. The minimum absolute atomic E-state index is 0.0399. The van der Waals surface area contributed by atoms with E-state index in [4.69, 9.17) is 9.88 Å². The van der Waals surface area contributed by atoms with Gasteiger partial charge in [-0.3, -0.25) is 9.59 Å². The number of ether oxygens (including phenoxy) is 1. The molecule has 0 fully saturated rings. The third-order valence-corrected chi connectivity index (χ3v) is 5.60. The minimum Gasteiger partial charge on any atom is -0.496 e. The van der Waals surface area contributed by atoms with E-state index >= 15 is 0 Å². The van der Waals surface area contributed by atoms with Crippen molar-refractivity contribution in [2.24, 2.45) is 11.1 Å². The van der Waals surface area contributed by atoms with Crippen LogP contribution in [0.15, 0.2) is 47.4 Å². The molecule has 1 atom stereocenters. The molecule has 0 saturated heterocycles. The smallest absolute Gasteiger partial charge is 0.255 e. The van der Waals surface area contributed by atoms with Gasteiger partial charge in [-0.05, 0) is 42.2 Å². The molecule has 9 heteroatoms. The molecule has 0 bridgehead atoms. The van der Waals surface area contributed by atoms with Crippen LogP contribution in [-0.4, -0.2) is 33.4 Å². The number of anilines is 1. The van der Waals surface area contributed by atoms with Gasteiger partial charge in [0.25, 0.3) is 5.91 Å². The van der Waals surface area contributed by atoms with Gasteiger partial charge in [0.1, 0.15) is 11.8 Å². The molecule has 0 spiro atoms. The maximum absolute atomic E-state index is 12.9. The van der Waals surface area contributed by atoms with Gasteiger partial charge in [-0.1, -0.05) is 39.0 Å². The molecule has 0 heterocycles. The number of hydrogen-bond donors (Lipinski definition) is 3. The summed E-state index contributed by atoms with van der Waals surface area (Å²) in [7, 11) is -2.48. The molecular weight excluding hydrogens is 406 g/mol. The molecule has 0 aromatic heterocycles. The number of para-hydroxylation sites is 1. The second-order valence-electron chi connectivity index (χ2n) is 7.11. The molecule has 0 aliphatic rings. The molecule has 162 valence electrons. The predicted molar refractivity (Wildman–Crippen MR) is 115 cm³/mol. The molecule has 0 aliphatic heterocycles. The van der Waals surface area contributed by atoms with Crippen molar-refractivity contribution in [3.63, 3.8) is 0 Å². The number of aryl methyl sites for hydroxylation is 1. The van der Waals surface area contributed by atoms with Crippen LogP contribution in [0.3, 0.4) is 0 Å². The minimum atomic E-state index is -3.94. The second kappa shape index (κ2) is 9.73. The SMILES string of the molecule is CCc1ccc(NC(=O)C(NC(=O)c2ccccc2OC)C(C)C)cc1S(N)(=O)=O. The van der Waals surface area contributed by atoms with Gasteiger partial charge in [0.05, 0.1) is 17.6 Å². The topological polar surface area (TPSA) is 128 Å². The van der Waals surface area contributed by atoms with Crippen molar-refractivity contribution < 1.29 is 22.7 Å². The number of primary sulfonamides is 1. The van der Waals surface area contributed by atoms with E-state index in [-0.39, 0.29) is 16.5 Å². The molecule has 0 aliphatic carbocycles. The Labute approximate surface area is 176 Å². The molecule has 4 N–H and O–H groups in total. The highest BCUT2D eigenvalue weighted by Crippen LogP contribution is 2.22. The Balaban J connectivity index is 2.25. The quantitative estimate of drug-likeness (QED) is 0.589. The summed E-state index contributed by atoms with van der Waals surface area (Å²) < 4.78 is 28.9. The summed E-state index contributed by atoms with van der Waals surface area (Å²) in [5.74, 6) is -0.757. The number of amides is 2. The zero-order valence-electron chi connectivity index (χ0n) is 17.4. The van der Waals surface area contributed by atoms with E-state index in [0.29, 0.717) is 23.3 Å². The van der Waals surface area contributed by atoms with E-state index in [1.165, 1.54) is 13.2 Å². The Morgan fingerprint density at radius 2 is 1.80 bits per heavy atom. The first-order valence-electron chi connectivity index (χ1n) is 9.49. The molecule has 0 saturated carbocycles. The van der Waals surface area contributed by atoms with Crippen molar-refractivity contribution in [3.8, 4) is 5.75 Å². The molecule has 8 nitrogen and oxygen atoms in total. The molecule has 2 aromatic rings. The first-order chi connectivity index (χ1) is 14.1. The first-order valence-corrected chi connectivity index (χ1v) is 11.0. The Hall–Kier alpha value is -2.91. The van der Waals surface area contributed by atoms with Crippen LogP contribution < -0.4 is 20.5 Å². The van der Waals surface area contributed by atoms with Gasteiger partial charge in [-0.25, -0.2) is 13.6 Å². The maximum Gasteiger partial charge on any atom is 0.255 e. The van der Waals surface area contributed by atoms with E-state index < -0.39 is 27.9 Å². The number of methoxy groups -OCH3 is 1. The number of hydrogen-bond acceptors (Lipinski definition) is 5. The average Bonchev–Trinajstić information content (AvgIpc) is 2.70. The molecule has 2 rings (SSSR count). The van der Waals surface area contributed by atoms with Crippen LogP contribution in [0.2, 0.25) is 0 Å². The summed E-state index contributed by atoms with van der Waals surface area (Å²) in [6.07, 6.45) is 0.476. The lowest BCUT2D eigenvalue weighted by atomic mass is 10.0. The van der Waals surface area contributed by atoms with Crippen LogP contribution in [-0.2, 0) is 21.2 Å². The van der Waals surface area contributed by atoms with Crippen molar-refractivity contribution in [1.29, 1.82) is 0 Å². The monoisotopic (exact) mass is 433 g/mol. The zero-order valence-corrected chi connectivity index (χ0v) is 18.2. The molecule has 1 unspecified atom stereocenters. The summed E-state index contributed by atoms with van der Waals surface area (Å²) in [6.45, 7) is 5.40. The molecule has 0 radical (unpaired) electrons. The van der Waals surface area contributed by atoms with E-state index in [1.54, 1.807) is 50.2 Å². The molecule has 30 heavy (non-hydrogen) atoms.